The summed E-state index contributed by atoms with van der Waals surface area (Å²) in [5.41, 5.74) is 2.22. The number of carbonyl (C=O) groups excluding carboxylic acids is 1. The van der Waals surface area contributed by atoms with Crippen LogP contribution in [0.1, 0.15) is 18.1 Å². The topological polar surface area (TPSA) is 85.0 Å². The van der Waals surface area contributed by atoms with Crippen LogP contribution in [0.25, 0.3) is 6.08 Å². The van der Waals surface area contributed by atoms with Crippen LogP contribution >= 0.6 is 39.3 Å². The molecule has 0 atom stereocenters. The number of amides is 1. The molecule has 1 aliphatic rings. The van der Waals surface area contributed by atoms with E-state index in [1.165, 1.54) is 23.9 Å². The molecular formula is C25H19BrClN3O4S. The predicted molar refractivity (Wildman–Crippen MR) is 143 cm³/mol. The number of nitrogens with zero attached hydrogens (tertiary/aromatic N) is 3. The van der Waals surface area contributed by atoms with Gasteiger partial charge in [0.25, 0.3) is 11.6 Å². The number of amidine groups is 1. The highest BCUT2D eigenvalue weighted by atomic mass is 79.9. The molecule has 0 N–H and O–H groups in total. The quantitative estimate of drug-likeness (QED) is 0.170. The molecule has 10 heteroatoms. The van der Waals surface area contributed by atoms with Crippen LogP contribution in [-0.4, -0.2) is 27.4 Å². The molecule has 0 aromatic heterocycles. The lowest BCUT2D eigenvalue weighted by Crippen LogP contribution is -2.28. The number of thioether (sulfide) groups is 1. The fraction of sp³-hybridized carbons (Fsp3) is 0.120. The summed E-state index contributed by atoms with van der Waals surface area (Å²) in [7, 11) is 0. The van der Waals surface area contributed by atoms with Crippen molar-refractivity contribution >= 4 is 67.8 Å². The first-order valence-corrected chi connectivity index (χ1v) is 12.5. The minimum absolute atomic E-state index is 0.0269. The predicted octanol–water partition coefficient (Wildman–Crippen LogP) is 7.21. The van der Waals surface area contributed by atoms with Crippen molar-refractivity contribution in [2.45, 2.75) is 13.5 Å². The maximum atomic E-state index is 13.1. The number of hydrogen-bond donors (Lipinski definition) is 0. The maximum Gasteiger partial charge on any atom is 0.269 e. The van der Waals surface area contributed by atoms with Crippen molar-refractivity contribution in [2.24, 2.45) is 4.99 Å². The van der Waals surface area contributed by atoms with Crippen LogP contribution in [0.3, 0.4) is 0 Å². The number of nitro groups is 1. The number of rotatable bonds is 7. The second-order valence-corrected chi connectivity index (χ2v) is 9.67. The van der Waals surface area contributed by atoms with Crippen molar-refractivity contribution in [1.29, 1.82) is 0 Å². The number of hydrogen-bond acceptors (Lipinski definition) is 6. The van der Waals surface area contributed by atoms with Crippen molar-refractivity contribution in [1.82, 2.24) is 4.90 Å². The van der Waals surface area contributed by atoms with Gasteiger partial charge in [-0.15, -0.1) is 0 Å². The summed E-state index contributed by atoms with van der Waals surface area (Å²) in [6.45, 7) is 2.61. The zero-order valence-corrected chi connectivity index (χ0v) is 21.6. The molecule has 0 saturated carbocycles. The first kappa shape index (κ1) is 25.0. The molecule has 0 unspecified atom stereocenters. The zero-order chi connectivity index (χ0) is 24.9. The molecule has 1 aliphatic heterocycles. The number of benzene rings is 3. The van der Waals surface area contributed by atoms with Crippen LogP contribution in [0.15, 0.2) is 81.1 Å². The SMILES string of the molecule is CCN1C(=O)/C(=C/c2ccccc2OCc2ccc([N+](=O)[O-])cc2)SC1=Nc1ccc(Br)c(Cl)c1. The highest BCUT2D eigenvalue weighted by Crippen LogP contribution is 2.36. The number of non-ortho nitro benzene ring substituents is 1. The highest BCUT2D eigenvalue weighted by molar-refractivity contribution is 9.10. The Balaban J connectivity index is 1.56. The average molecular weight is 573 g/mol. The number of para-hydroxylation sites is 1. The van der Waals surface area contributed by atoms with E-state index in [9.17, 15) is 14.9 Å². The number of aliphatic imine (C=N–C) groups is 1. The molecule has 1 amide bonds. The molecule has 0 bridgehead atoms. The third-order valence-electron chi connectivity index (χ3n) is 5.08. The van der Waals surface area contributed by atoms with Gasteiger partial charge in [-0.2, -0.15) is 0 Å². The highest BCUT2D eigenvalue weighted by Gasteiger charge is 2.32. The summed E-state index contributed by atoms with van der Waals surface area (Å²) < 4.78 is 6.75. The molecule has 0 aliphatic carbocycles. The van der Waals surface area contributed by atoms with Crippen LogP contribution in [0.5, 0.6) is 5.75 Å². The van der Waals surface area contributed by atoms with Crippen LogP contribution in [-0.2, 0) is 11.4 Å². The molecule has 3 aromatic carbocycles. The Bertz CT molecular complexity index is 1340. The van der Waals surface area contributed by atoms with Crippen LogP contribution in [0.2, 0.25) is 5.02 Å². The fourth-order valence-electron chi connectivity index (χ4n) is 3.28. The minimum atomic E-state index is -0.440. The molecule has 1 saturated heterocycles. The number of ether oxygens (including phenoxy) is 1. The average Bonchev–Trinajstić information content (AvgIpc) is 3.14. The second kappa shape index (κ2) is 11.1. The largest absolute Gasteiger partial charge is 0.488 e. The van der Waals surface area contributed by atoms with Gasteiger partial charge in [0.15, 0.2) is 5.17 Å². The van der Waals surface area contributed by atoms with Crippen LogP contribution in [0, 0.1) is 10.1 Å². The van der Waals surface area contributed by atoms with E-state index in [1.807, 2.05) is 43.3 Å². The molecule has 4 rings (SSSR count). The Morgan fingerprint density at radius 3 is 2.60 bits per heavy atom. The molecule has 35 heavy (non-hydrogen) atoms. The van der Waals surface area contributed by atoms with Gasteiger partial charge in [-0.3, -0.25) is 19.8 Å². The Hall–Kier alpha value is -3.14. The van der Waals surface area contributed by atoms with Gasteiger partial charge in [-0.25, -0.2) is 4.99 Å². The molecule has 0 radical (unpaired) electrons. The summed E-state index contributed by atoms with van der Waals surface area (Å²) in [6.07, 6.45) is 1.79. The molecular weight excluding hydrogens is 554 g/mol. The van der Waals surface area contributed by atoms with E-state index in [0.717, 1.165) is 15.6 Å². The fourth-order valence-corrected chi connectivity index (χ4v) is 4.76. The zero-order valence-electron chi connectivity index (χ0n) is 18.5. The van der Waals surface area contributed by atoms with Crippen molar-refractivity contribution in [2.75, 3.05) is 6.54 Å². The van der Waals surface area contributed by atoms with E-state index in [0.29, 0.717) is 33.1 Å². The van der Waals surface area contributed by atoms with E-state index < -0.39 is 4.92 Å². The number of halogens is 2. The van der Waals surface area contributed by atoms with E-state index >= 15 is 0 Å². The van der Waals surface area contributed by atoms with Gasteiger partial charge in [0, 0.05) is 28.7 Å². The summed E-state index contributed by atoms with van der Waals surface area (Å²) in [6, 6.07) is 19.0. The van der Waals surface area contributed by atoms with Gasteiger partial charge < -0.3 is 4.74 Å². The Kier molecular flexibility index (Phi) is 7.90. The smallest absolute Gasteiger partial charge is 0.269 e. The minimum Gasteiger partial charge on any atom is -0.488 e. The lowest BCUT2D eigenvalue weighted by Gasteiger charge is -2.12. The maximum absolute atomic E-state index is 13.1. The Morgan fingerprint density at radius 1 is 1.17 bits per heavy atom. The van der Waals surface area contributed by atoms with Gasteiger partial charge in [0.05, 0.1) is 20.5 Å². The van der Waals surface area contributed by atoms with Crippen molar-refractivity contribution in [3.63, 3.8) is 0 Å². The summed E-state index contributed by atoms with van der Waals surface area (Å²) in [5, 5.41) is 12.0. The standard InChI is InChI=1S/C25H19BrClN3O4S/c1-2-29-24(31)23(35-25(29)28-18-9-12-20(26)21(27)14-18)13-17-5-3-4-6-22(17)34-15-16-7-10-19(11-8-16)30(32)33/h3-14H,2,15H2,1H3/b23-13-,28-25?. The number of likely N-dealkylation sites (N-methyl/N-ethyl adjacent to an activating group) is 1. The normalized spacial score (nSPS) is 15.7. The first-order chi connectivity index (χ1) is 16.9. The van der Waals surface area contributed by atoms with Crippen LogP contribution < -0.4 is 4.74 Å². The molecule has 7 nitrogen and oxygen atoms in total. The van der Waals surface area contributed by atoms with Gasteiger partial charge in [0.2, 0.25) is 0 Å². The van der Waals surface area contributed by atoms with Crippen molar-refractivity contribution in [3.8, 4) is 5.75 Å². The van der Waals surface area contributed by atoms with E-state index in [1.54, 1.807) is 29.2 Å². The lowest BCUT2D eigenvalue weighted by atomic mass is 10.1. The third kappa shape index (κ3) is 5.93. The van der Waals surface area contributed by atoms with Crippen LogP contribution in [0.4, 0.5) is 11.4 Å². The number of nitro benzene ring substituents is 1. The third-order valence-corrected chi connectivity index (χ3v) is 7.32. The molecule has 1 heterocycles. The lowest BCUT2D eigenvalue weighted by molar-refractivity contribution is -0.384. The molecule has 3 aromatic rings. The monoisotopic (exact) mass is 571 g/mol. The first-order valence-electron chi connectivity index (χ1n) is 10.6. The van der Waals surface area contributed by atoms with E-state index in [4.69, 9.17) is 16.3 Å². The Morgan fingerprint density at radius 2 is 1.91 bits per heavy atom. The summed E-state index contributed by atoms with van der Waals surface area (Å²) in [5.74, 6) is 0.463. The van der Waals surface area contributed by atoms with Crippen molar-refractivity contribution in [3.05, 3.63) is 102 Å². The Labute approximate surface area is 219 Å². The van der Waals surface area contributed by atoms with Gasteiger partial charge in [0.1, 0.15) is 12.4 Å². The summed E-state index contributed by atoms with van der Waals surface area (Å²) >= 11 is 10.8. The number of carbonyl (C=O) groups is 1. The van der Waals surface area contributed by atoms with E-state index in [-0.39, 0.29) is 18.2 Å². The van der Waals surface area contributed by atoms with E-state index in [2.05, 4.69) is 20.9 Å². The molecule has 1 fully saturated rings. The summed E-state index contributed by atoms with van der Waals surface area (Å²) in [4.78, 5) is 30.2. The van der Waals surface area contributed by atoms with Gasteiger partial charge in [-0.1, -0.05) is 29.8 Å². The molecule has 178 valence electrons. The van der Waals surface area contributed by atoms with Gasteiger partial charge in [-0.05, 0) is 82.7 Å². The van der Waals surface area contributed by atoms with Gasteiger partial charge >= 0.3 is 0 Å². The second-order valence-electron chi connectivity index (χ2n) is 7.40. The van der Waals surface area contributed by atoms with Crippen molar-refractivity contribution < 1.29 is 14.5 Å². The molecule has 0 spiro atoms.